The van der Waals surface area contributed by atoms with E-state index in [-0.39, 0.29) is 47.2 Å². The van der Waals surface area contributed by atoms with Gasteiger partial charge in [0.2, 0.25) is 5.88 Å². The second-order valence-corrected chi connectivity index (χ2v) is 7.00. The molecular weight excluding hydrogens is 450 g/mol. The summed E-state index contributed by atoms with van der Waals surface area (Å²) in [4.78, 5) is 25.0. The predicted octanol–water partition coefficient (Wildman–Crippen LogP) is 5.16. The normalized spacial score (nSPS) is 11.3. The van der Waals surface area contributed by atoms with Crippen LogP contribution in [0.2, 0.25) is 10.0 Å². The van der Waals surface area contributed by atoms with Crippen molar-refractivity contribution in [1.29, 1.82) is 0 Å². The molecule has 1 aromatic heterocycles. The maximum atomic E-state index is 12.8. The van der Waals surface area contributed by atoms with Gasteiger partial charge in [0.05, 0.1) is 27.8 Å². The Morgan fingerprint density at radius 3 is 2.33 bits per heavy atom. The topological polar surface area (TPSA) is 73.7 Å². The summed E-state index contributed by atoms with van der Waals surface area (Å²) in [5.74, 6) is -0.689. The van der Waals surface area contributed by atoms with Crippen LogP contribution in [-0.2, 0) is 15.7 Å². The van der Waals surface area contributed by atoms with Gasteiger partial charge in [-0.2, -0.15) is 17.9 Å². The van der Waals surface area contributed by atoms with Crippen molar-refractivity contribution in [3.63, 3.8) is 0 Å². The number of esters is 1. The molecule has 0 saturated heterocycles. The van der Waals surface area contributed by atoms with Gasteiger partial charge in [0, 0.05) is 19.5 Å². The summed E-state index contributed by atoms with van der Waals surface area (Å²) in [6.45, 7) is 3.39. The number of benzene rings is 1. The fourth-order valence-corrected chi connectivity index (χ4v) is 2.84. The van der Waals surface area contributed by atoms with Crippen molar-refractivity contribution in [2.45, 2.75) is 26.4 Å². The van der Waals surface area contributed by atoms with Crippen molar-refractivity contribution < 1.29 is 32.2 Å². The molecule has 1 aromatic carbocycles. The van der Waals surface area contributed by atoms with Crippen molar-refractivity contribution in [2.24, 2.45) is 0 Å². The number of alkyl halides is 3. The van der Waals surface area contributed by atoms with Gasteiger partial charge in [0.1, 0.15) is 6.61 Å². The summed E-state index contributed by atoms with van der Waals surface area (Å²) in [6, 6.07) is 2.24. The van der Waals surface area contributed by atoms with Crippen molar-refractivity contribution in [1.82, 2.24) is 14.7 Å². The fourth-order valence-electron chi connectivity index (χ4n) is 2.27. The van der Waals surface area contributed by atoms with E-state index in [1.165, 1.54) is 18.0 Å². The van der Waals surface area contributed by atoms with Crippen LogP contribution in [-0.4, -0.2) is 46.9 Å². The number of likely N-dealkylation sites (N-methyl/N-ethyl adjacent to an activating group) is 1. The molecule has 0 radical (unpaired) electrons. The van der Waals surface area contributed by atoms with Crippen LogP contribution >= 0.6 is 23.2 Å². The first-order valence-electron chi connectivity index (χ1n) is 8.65. The molecule has 0 aliphatic heterocycles. The molecule has 0 saturated carbocycles. The van der Waals surface area contributed by atoms with Gasteiger partial charge in [-0.25, -0.2) is 4.79 Å². The van der Waals surface area contributed by atoms with E-state index >= 15 is 0 Å². The fraction of sp³-hybridized carbons (Fsp3) is 0.389. The first kappa shape index (κ1) is 23.8. The molecular formula is C18H18Cl2F3N3O4. The third-order valence-corrected chi connectivity index (χ3v) is 4.44. The summed E-state index contributed by atoms with van der Waals surface area (Å²) >= 11 is 11.8. The Morgan fingerprint density at radius 2 is 1.80 bits per heavy atom. The highest BCUT2D eigenvalue weighted by Crippen LogP contribution is 2.41. The molecule has 12 heteroatoms. The molecule has 0 spiro atoms. The molecule has 164 valence electrons. The number of hydrogen-bond donors (Lipinski definition) is 0. The highest BCUT2D eigenvalue weighted by molar-refractivity contribution is 6.37. The molecule has 30 heavy (non-hydrogen) atoms. The number of hydrogen-bond acceptors (Lipinski definition) is 5. The van der Waals surface area contributed by atoms with Crippen molar-refractivity contribution >= 4 is 35.2 Å². The maximum absolute atomic E-state index is 12.8. The minimum Gasteiger partial charge on any atom is -0.464 e. The summed E-state index contributed by atoms with van der Waals surface area (Å²) in [5.41, 5.74) is -0.626. The monoisotopic (exact) mass is 467 g/mol. The lowest BCUT2D eigenvalue weighted by molar-refractivity contribution is -0.143. The molecule has 0 bridgehead atoms. The van der Waals surface area contributed by atoms with E-state index in [9.17, 15) is 22.8 Å². The molecule has 0 unspecified atom stereocenters. The van der Waals surface area contributed by atoms with E-state index in [2.05, 4.69) is 5.10 Å². The Bertz CT molecular complexity index is 924. The number of carbonyl (C=O) groups excluding carboxylic acids is 2. The second-order valence-electron chi connectivity index (χ2n) is 6.18. The molecule has 0 atom stereocenters. The third-order valence-electron chi connectivity index (χ3n) is 3.88. The lowest BCUT2D eigenvalue weighted by Gasteiger charge is -2.17. The molecule has 1 heterocycles. The summed E-state index contributed by atoms with van der Waals surface area (Å²) in [6.07, 6.45) is -4.39. The summed E-state index contributed by atoms with van der Waals surface area (Å²) in [5, 5.41) is 3.28. The summed E-state index contributed by atoms with van der Waals surface area (Å²) in [7, 11) is 1.49. The third kappa shape index (κ3) is 5.79. The minimum atomic E-state index is -4.62. The number of halogens is 5. The minimum absolute atomic E-state index is 0.0232. The Hall–Kier alpha value is -2.46. The SMILES string of the molecule is CCC(=O)OCCN(C)C(=O)n1nc(Oc2c(Cl)cc(C(F)(F)F)cc2Cl)cc1C. The highest BCUT2D eigenvalue weighted by Gasteiger charge is 2.32. The van der Waals surface area contributed by atoms with Crippen molar-refractivity contribution in [3.05, 3.63) is 39.5 Å². The van der Waals surface area contributed by atoms with Crippen LogP contribution in [0.25, 0.3) is 0 Å². The van der Waals surface area contributed by atoms with Crippen molar-refractivity contribution in [3.8, 4) is 11.6 Å². The molecule has 0 N–H and O–H groups in total. The zero-order chi connectivity index (χ0) is 22.6. The van der Waals surface area contributed by atoms with Gasteiger partial charge in [-0.15, -0.1) is 5.10 Å². The number of amides is 1. The van der Waals surface area contributed by atoms with Gasteiger partial charge < -0.3 is 14.4 Å². The van der Waals surface area contributed by atoms with E-state index in [4.69, 9.17) is 32.7 Å². The zero-order valence-corrected chi connectivity index (χ0v) is 17.7. The molecule has 7 nitrogen and oxygen atoms in total. The number of aromatic nitrogens is 2. The van der Waals surface area contributed by atoms with Crippen molar-refractivity contribution in [2.75, 3.05) is 20.2 Å². The largest absolute Gasteiger partial charge is 0.464 e. The lowest BCUT2D eigenvalue weighted by Crippen LogP contribution is -2.35. The Morgan fingerprint density at radius 1 is 1.20 bits per heavy atom. The van der Waals surface area contributed by atoms with Gasteiger partial charge >= 0.3 is 18.2 Å². The molecule has 0 fully saturated rings. The van der Waals surface area contributed by atoms with Crippen LogP contribution in [0.5, 0.6) is 11.6 Å². The van der Waals surface area contributed by atoms with Gasteiger partial charge in [-0.05, 0) is 19.1 Å². The number of ether oxygens (including phenoxy) is 2. The van der Waals surface area contributed by atoms with Crippen LogP contribution in [0.4, 0.5) is 18.0 Å². The maximum Gasteiger partial charge on any atom is 0.416 e. The Labute approximate surface area is 180 Å². The number of rotatable bonds is 6. The number of nitrogens with zero attached hydrogens (tertiary/aromatic N) is 3. The van der Waals surface area contributed by atoms with Crippen LogP contribution in [0.1, 0.15) is 24.6 Å². The first-order chi connectivity index (χ1) is 13.9. The van der Waals surface area contributed by atoms with Crippen LogP contribution < -0.4 is 4.74 Å². The molecule has 0 aliphatic carbocycles. The van der Waals surface area contributed by atoms with E-state index in [0.717, 1.165) is 4.68 Å². The van der Waals surface area contributed by atoms with Gasteiger partial charge in [-0.3, -0.25) is 4.79 Å². The number of aryl methyl sites for hydroxylation is 1. The zero-order valence-electron chi connectivity index (χ0n) is 16.2. The van der Waals surface area contributed by atoms with Crippen LogP contribution in [0.15, 0.2) is 18.2 Å². The molecule has 2 rings (SSSR count). The Balaban J connectivity index is 2.15. The van der Waals surface area contributed by atoms with Gasteiger partial charge in [-0.1, -0.05) is 30.1 Å². The van der Waals surface area contributed by atoms with E-state index < -0.39 is 17.8 Å². The smallest absolute Gasteiger partial charge is 0.416 e. The number of carbonyl (C=O) groups is 2. The lowest BCUT2D eigenvalue weighted by atomic mass is 10.2. The van der Waals surface area contributed by atoms with Gasteiger partial charge in [0.15, 0.2) is 5.75 Å². The quantitative estimate of drug-likeness (QED) is 0.548. The van der Waals surface area contributed by atoms with Gasteiger partial charge in [0.25, 0.3) is 0 Å². The molecule has 1 amide bonds. The van der Waals surface area contributed by atoms with E-state index in [1.54, 1.807) is 13.8 Å². The van der Waals surface area contributed by atoms with E-state index in [1.807, 2.05) is 0 Å². The highest BCUT2D eigenvalue weighted by atomic mass is 35.5. The average molecular weight is 468 g/mol. The average Bonchev–Trinajstić information content (AvgIpc) is 3.03. The standard InChI is InChI=1S/C18H18Cl2F3N3O4/c1-4-15(27)29-6-5-25(3)17(28)26-10(2)7-14(24-26)30-16-12(19)8-11(9-13(16)20)18(21,22)23/h7-9H,4-6H2,1-3H3. The molecule has 0 aliphatic rings. The first-order valence-corrected chi connectivity index (χ1v) is 9.41. The Kier molecular flexibility index (Phi) is 7.59. The van der Waals surface area contributed by atoms with Crippen LogP contribution in [0, 0.1) is 6.92 Å². The molecule has 2 aromatic rings. The van der Waals surface area contributed by atoms with Crippen LogP contribution in [0.3, 0.4) is 0 Å². The predicted molar refractivity (Wildman–Crippen MR) is 103 cm³/mol. The second kappa shape index (κ2) is 9.57. The summed E-state index contributed by atoms with van der Waals surface area (Å²) < 4.78 is 49.9. The van der Waals surface area contributed by atoms with E-state index in [0.29, 0.717) is 17.8 Å².